The first-order valence-corrected chi connectivity index (χ1v) is 14.7. The third kappa shape index (κ3) is 6.62. The monoisotopic (exact) mass is 576 g/mol. The number of esters is 1. The fourth-order valence-electron chi connectivity index (χ4n) is 5.67. The molecule has 1 N–H and O–H groups in total. The van der Waals surface area contributed by atoms with E-state index in [1.807, 2.05) is 30.9 Å². The number of rotatable bonds is 8. The Bertz CT molecular complexity index is 1310. The molecule has 2 heterocycles. The van der Waals surface area contributed by atoms with E-state index in [0.717, 1.165) is 5.56 Å². The van der Waals surface area contributed by atoms with Gasteiger partial charge < -0.3 is 19.7 Å². The Hall–Kier alpha value is -3.85. The van der Waals surface area contributed by atoms with Crippen molar-refractivity contribution in [3.05, 3.63) is 76.5 Å². The van der Waals surface area contributed by atoms with Gasteiger partial charge in [-0.05, 0) is 61.6 Å². The fraction of sp³-hybridized carbons (Fsp3) is 0.485. The molecule has 0 radical (unpaired) electrons. The molecule has 2 atom stereocenters. The SMILES string of the molecule is CCOC(=O)C1=C(CN2CCN(C(=O)c3ccc(OC)cc3)C(C)C2)N(CC)C(=O)NC1c1ccc(C(C)(C)C)cc1. The van der Waals surface area contributed by atoms with Gasteiger partial charge in [-0.25, -0.2) is 9.59 Å². The molecule has 9 heteroatoms. The molecule has 2 aromatic rings. The topological polar surface area (TPSA) is 91.4 Å². The molecule has 2 aliphatic rings. The Balaban J connectivity index is 1.62. The highest BCUT2D eigenvalue weighted by atomic mass is 16.5. The van der Waals surface area contributed by atoms with Crippen molar-refractivity contribution in [1.29, 1.82) is 0 Å². The van der Waals surface area contributed by atoms with Gasteiger partial charge in [0.25, 0.3) is 5.91 Å². The van der Waals surface area contributed by atoms with E-state index in [1.54, 1.807) is 43.2 Å². The lowest BCUT2D eigenvalue weighted by atomic mass is 9.85. The number of carbonyl (C=O) groups excluding carboxylic acids is 3. The number of carbonyl (C=O) groups is 3. The first kappa shape index (κ1) is 31.1. The van der Waals surface area contributed by atoms with Crippen LogP contribution in [-0.2, 0) is 14.9 Å². The molecule has 0 saturated carbocycles. The zero-order chi connectivity index (χ0) is 30.6. The van der Waals surface area contributed by atoms with E-state index < -0.39 is 12.0 Å². The van der Waals surface area contributed by atoms with Gasteiger partial charge in [0.15, 0.2) is 0 Å². The van der Waals surface area contributed by atoms with E-state index in [1.165, 1.54) is 5.56 Å². The predicted molar refractivity (Wildman–Crippen MR) is 162 cm³/mol. The molecule has 4 rings (SSSR count). The number of methoxy groups -OCH3 is 1. The minimum atomic E-state index is -0.626. The summed E-state index contributed by atoms with van der Waals surface area (Å²) in [5.74, 6) is 0.245. The normalized spacial score (nSPS) is 19.9. The van der Waals surface area contributed by atoms with Crippen molar-refractivity contribution in [1.82, 2.24) is 20.0 Å². The number of hydrogen-bond acceptors (Lipinski definition) is 6. The second kappa shape index (κ2) is 13.0. The zero-order valence-corrected chi connectivity index (χ0v) is 25.9. The van der Waals surface area contributed by atoms with E-state index in [-0.39, 0.29) is 30.0 Å². The predicted octanol–water partition coefficient (Wildman–Crippen LogP) is 4.74. The Morgan fingerprint density at radius 3 is 2.21 bits per heavy atom. The molecule has 2 unspecified atom stereocenters. The minimum Gasteiger partial charge on any atom is -0.497 e. The minimum absolute atomic E-state index is 0.0219. The second-order valence-electron chi connectivity index (χ2n) is 11.9. The number of benzene rings is 2. The maximum Gasteiger partial charge on any atom is 0.338 e. The molecule has 0 spiro atoms. The van der Waals surface area contributed by atoms with Crippen molar-refractivity contribution in [2.24, 2.45) is 0 Å². The number of nitrogens with zero attached hydrogens (tertiary/aromatic N) is 3. The molecule has 42 heavy (non-hydrogen) atoms. The van der Waals surface area contributed by atoms with Gasteiger partial charge >= 0.3 is 12.0 Å². The van der Waals surface area contributed by atoms with Crippen LogP contribution in [0.4, 0.5) is 4.79 Å². The Kier molecular flexibility index (Phi) is 9.61. The average molecular weight is 577 g/mol. The molecule has 0 aliphatic carbocycles. The van der Waals surface area contributed by atoms with E-state index in [9.17, 15) is 14.4 Å². The van der Waals surface area contributed by atoms with Crippen molar-refractivity contribution in [3.63, 3.8) is 0 Å². The van der Waals surface area contributed by atoms with Crippen LogP contribution in [0.25, 0.3) is 0 Å². The van der Waals surface area contributed by atoms with Gasteiger partial charge in [-0.3, -0.25) is 14.6 Å². The molecule has 0 aromatic heterocycles. The lowest BCUT2D eigenvalue weighted by Gasteiger charge is -2.43. The highest BCUT2D eigenvalue weighted by Crippen LogP contribution is 2.34. The quantitative estimate of drug-likeness (QED) is 0.457. The van der Waals surface area contributed by atoms with E-state index in [4.69, 9.17) is 9.47 Å². The maximum atomic E-state index is 13.5. The first-order chi connectivity index (χ1) is 20.0. The van der Waals surface area contributed by atoms with Crippen LogP contribution in [0.2, 0.25) is 0 Å². The smallest absolute Gasteiger partial charge is 0.338 e. The summed E-state index contributed by atoms with van der Waals surface area (Å²) in [7, 11) is 1.60. The van der Waals surface area contributed by atoms with Crippen molar-refractivity contribution < 1.29 is 23.9 Å². The van der Waals surface area contributed by atoms with Crippen LogP contribution in [-0.4, -0.2) is 85.1 Å². The van der Waals surface area contributed by atoms with Gasteiger partial charge in [-0.1, -0.05) is 45.0 Å². The number of ether oxygens (including phenoxy) is 2. The number of hydrogen-bond donors (Lipinski definition) is 1. The summed E-state index contributed by atoms with van der Waals surface area (Å²) in [6.45, 7) is 14.9. The Morgan fingerprint density at radius 1 is 1.00 bits per heavy atom. The molecule has 226 valence electrons. The number of amides is 3. The summed E-state index contributed by atoms with van der Waals surface area (Å²) >= 11 is 0. The maximum absolute atomic E-state index is 13.5. The second-order valence-corrected chi connectivity index (χ2v) is 11.9. The van der Waals surface area contributed by atoms with Crippen LogP contribution in [0.15, 0.2) is 59.8 Å². The van der Waals surface area contributed by atoms with Crippen molar-refractivity contribution in [3.8, 4) is 5.75 Å². The average Bonchev–Trinajstić information content (AvgIpc) is 2.96. The summed E-state index contributed by atoms with van der Waals surface area (Å²) in [6, 6.07) is 14.3. The summed E-state index contributed by atoms with van der Waals surface area (Å²) < 4.78 is 10.8. The number of urea groups is 1. The zero-order valence-electron chi connectivity index (χ0n) is 25.9. The fourth-order valence-corrected chi connectivity index (χ4v) is 5.67. The molecular weight excluding hydrogens is 532 g/mol. The molecule has 1 saturated heterocycles. The molecular formula is C33H44N4O5. The van der Waals surface area contributed by atoms with Crippen LogP contribution in [0, 0.1) is 0 Å². The van der Waals surface area contributed by atoms with Gasteiger partial charge in [0, 0.05) is 50.0 Å². The van der Waals surface area contributed by atoms with Crippen LogP contribution < -0.4 is 10.1 Å². The van der Waals surface area contributed by atoms with E-state index in [0.29, 0.717) is 55.3 Å². The highest BCUT2D eigenvalue weighted by molar-refractivity contribution is 5.95. The molecule has 0 bridgehead atoms. The molecule has 3 amide bonds. The number of piperazine rings is 1. The van der Waals surface area contributed by atoms with Crippen molar-refractivity contribution in [2.75, 3.05) is 46.4 Å². The third-order valence-corrected chi connectivity index (χ3v) is 8.04. The largest absolute Gasteiger partial charge is 0.497 e. The van der Waals surface area contributed by atoms with Crippen LogP contribution in [0.5, 0.6) is 5.75 Å². The summed E-state index contributed by atoms with van der Waals surface area (Å²) in [4.78, 5) is 45.9. The van der Waals surface area contributed by atoms with Gasteiger partial charge in [-0.2, -0.15) is 0 Å². The Labute approximate surface area is 249 Å². The van der Waals surface area contributed by atoms with Gasteiger partial charge in [0.05, 0.1) is 25.3 Å². The van der Waals surface area contributed by atoms with Gasteiger partial charge in [0.2, 0.25) is 0 Å². The molecule has 2 aliphatic heterocycles. The van der Waals surface area contributed by atoms with Crippen LogP contribution in [0.1, 0.15) is 69.1 Å². The first-order valence-electron chi connectivity index (χ1n) is 14.7. The summed E-state index contributed by atoms with van der Waals surface area (Å²) in [5, 5.41) is 3.05. The van der Waals surface area contributed by atoms with Crippen LogP contribution >= 0.6 is 0 Å². The summed E-state index contributed by atoms with van der Waals surface area (Å²) in [5.41, 5.74) is 3.69. The number of nitrogens with one attached hydrogen (secondary N) is 1. The van der Waals surface area contributed by atoms with Gasteiger partial charge in [0.1, 0.15) is 5.75 Å². The standard InChI is InChI=1S/C33H44N4O5/c1-8-36-27(21-35-18-19-37(22(3)20-35)30(38)24-12-16-26(41-7)17-13-24)28(31(39)42-9-2)29(34-32(36)40)23-10-14-25(15-11-23)33(4,5)6/h10-17,22,29H,8-9,18-21H2,1-7H3,(H,34,40). The van der Waals surface area contributed by atoms with Crippen molar-refractivity contribution in [2.45, 2.75) is 59.0 Å². The van der Waals surface area contributed by atoms with Crippen molar-refractivity contribution >= 4 is 17.9 Å². The molecule has 1 fully saturated rings. The third-order valence-electron chi connectivity index (χ3n) is 8.04. The van der Waals surface area contributed by atoms with Crippen LogP contribution in [0.3, 0.4) is 0 Å². The van der Waals surface area contributed by atoms with E-state index in [2.05, 4.69) is 43.1 Å². The van der Waals surface area contributed by atoms with Gasteiger partial charge in [-0.15, -0.1) is 0 Å². The number of likely N-dealkylation sites (N-methyl/N-ethyl adjacent to an activating group) is 1. The van der Waals surface area contributed by atoms with E-state index >= 15 is 0 Å². The lowest BCUT2D eigenvalue weighted by molar-refractivity contribution is -0.139. The molecule has 2 aromatic carbocycles. The lowest BCUT2D eigenvalue weighted by Crippen LogP contribution is -2.56. The highest BCUT2D eigenvalue weighted by Gasteiger charge is 2.39. The molecule has 9 nitrogen and oxygen atoms in total. The summed E-state index contributed by atoms with van der Waals surface area (Å²) in [6.07, 6.45) is 0. The Morgan fingerprint density at radius 2 is 1.67 bits per heavy atom.